The van der Waals surface area contributed by atoms with Gasteiger partial charge in [0.15, 0.2) is 0 Å². The summed E-state index contributed by atoms with van der Waals surface area (Å²) in [6.07, 6.45) is 6.72. The molecule has 0 heterocycles. The van der Waals surface area contributed by atoms with Gasteiger partial charge in [-0.05, 0) is 46.2 Å². The second kappa shape index (κ2) is 12.2. The zero-order valence-corrected chi connectivity index (χ0v) is 12.8. The van der Waals surface area contributed by atoms with Crippen LogP contribution < -0.4 is 10.6 Å². The number of Topliss-reactive ketones (excluding diaryl/α,β-unsaturated/α-hetero) is 1. The molecule has 112 valence electrons. The van der Waals surface area contributed by atoms with Crippen LogP contribution in [-0.4, -0.2) is 31.8 Å². The lowest BCUT2D eigenvalue weighted by Crippen LogP contribution is -2.24. The first kappa shape index (κ1) is 18.1. The Morgan fingerprint density at radius 2 is 1.68 bits per heavy atom. The third-order valence-corrected chi connectivity index (χ3v) is 3.41. The maximum Gasteiger partial charge on any atom is 0.219 e. The minimum Gasteiger partial charge on any atom is -0.356 e. The molecule has 1 atom stereocenters. The largest absolute Gasteiger partial charge is 0.356 e. The second-order valence-electron chi connectivity index (χ2n) is 5.27. The molecule has 0 fully saturated rings. The summed E-state index contributed by atoms with van der Waals surface area (Å²) in [7, 11) is 1.94. The molecular formula is C15H30N2O2. The fraction of sp³-hybridized carbons (Fsp3) is 0.867. The quantitative estimate of drug-likeness (QED) is 0.535. The molecule has 0 bridgehead atoms. The van der Waals surface area contributed by atoms with E-state index < -0.39 is 0 Å². The van der Waals surface area contributed by atoms with Gasteiger partial charge in [-0.1, -0.05) is 19.8 Å². The van der Waals surface area contributed by atoms with E-state index >= 15 is 0 Å². The molecule has 0 aromatic rings. The van der Waals surface area contributed by atoms with Gasteiger partial charge in [-0.15, -0.1) is 0 Å². The maximum atomic E-state index is 11.5. The minimum atomic E-state index is 0.155. The fourth-order valence-corrected chi connectivity index (χ4v) is 1.86. The number of hydrogen-bond donors (Lipinski definition) is 2. The average molecular weight is 270 g/mol. The van der Waals surface area contributed by atoms with Crippen LogP contribution in [0.5, 0.6) is 0 Å². The normalized spacial score (nSPS) is 12.2. The molecule has 2 N–H and O–H groups in total. The standard InChI is InChI=1S/C15H30N2O2/c1-13(14(2)18)9-6-8-12-17-15(19)10-5-4-7-11-16-3/h13,16H,4-12H2,1-3H3,(H,17,19). The van der Waals surface area contributed by atoms with Gasteiger partial charge in [0.25, 0.3) is 0 Å². The van der Waals surface area contributed by atoms with Gasteiger partial charge in [0.1, 0.15) is 5.78 Å². The Kier molecular flexibility index (Phi) is 11.6. The third kappa shape index (κ3) is 11.9. The molecule has 0 aliphatic carbocycles. The monoisotopic (exact) mass is 270 g/mol. The first-order valence-electron chi connectivity index (χ1n) is 7.49. The Labute approximate surface area is 117 Å². The van der Waals surface area contributed by atoms with Crippen molar-refractivity contribution in [2.75, 3.05) is 20.1 Å². The molecule has 4 heteroatoms. The van der Waals surface area contributed by atoms with Crippen LogP contribution in [0.4, 0.5) is 0 Å². The number of nitrogens with one attached hydrogen (secondary N) is 2. The van der Waals surface area contributed by atoms with Gasteiger partial charge < -0.3 is 10.6 Å². The van der Waals surface area contributed by atoms with Crippen molar-refractivity contribution in [3.8, 4) is 0 Å². The Bertz CT molecular complexity index is 255. The number of rotatable bonds is 12. The van der Waals surface area contributed by atoms with E-state index in [1.165, 1.54) is 0 Å². The lowest BCUT2D eigenvalue weighted by Gasteiger charge is -2.08. The number of hydrogen-bond acceptors (Lipinski definition) is 3. The summed E-state index contributed by atoms with van der Waals surface area (Å²) in [5.41, 5.74) is 0. The average Bonchev–Trinajstić information content (AvgIpc) is 2.37. The highest BCUT2D eigenvalue weighted by Gasteiger charge is 2.06. The molecule has 19 heavy (non-hydrogen) atoms. The number of amides is 1. The van der Waals surface area contributed by atoms with Crippen LogP contribution in [0.15, 0.2) is 0 Å². The van der Waals surface area contributed by atoms with Crippen LogP contribution in [-0.2, 0) is 9.59 Å². The van der Waals surface area contributed by atoms with E-state index in [1.807, 2.05) is 14.0 Å². The lowest BCUT2D eigenvalue weighted by atomic mass is 10.0. The van der Waals surface area contributed by atoms with Crippen LogP contribution in [0.1, 0.15) is 58.8 Å². The van der Waals surface area contributed by atoms with Crippen molar-refractivity contribution in [3.63, 3.8) is 0 Å². The summed E-state index contributed by atoms with van der Waals surface area (Å²) in [5.74, 6) is 0.567. The van der Waals surface area contributed by atoms with Crippen LogP contribution in [0.25, 0.3) is 0 Å². The van der Waals surface area contributed by atoms with Gasteiger partial charge in [0, 0.05) is 18.9 Å². The lowest BCUT2D eigenvalue weighted by molar-refractivity contribution is -0.122. The summed E-state index contributed by atoms with van der Waals surface area (Å²) >= 11 is 0. The van der Waals surface area contributed by atoms with Crippen molar-refractivity contribution in [3.05, 3.63) is 0 Å². The van der Waals surface area contributed by atoms with Gasteiger partial charge in [-0.2, -0.15) is 0 Å². The molecule has 1 amide bonds. The zero-order chi connectivity index (χ0) is 14.5. The van der Waals surface area contributed by atoms with Crippen molar-refractivity contribution in [1.29, 1.82) is 0 Å². The molecule has 0 aliphatic heterocycles. The molecule has 0 rings (SSSR count). The van der Waals surface area contributed by atoms with Gasteiger partial charge in [-0.3, -0.25) is 9.59 Å². The highest BCUT2D eigenvalue weighted by Crippen LogP contribution is 2.08. The first-order chi connectivity index (χ1) is 9.07. The SMILES string of the molecule is CNCCCCCC(=O)NCCCCC(C)C(C)=O. The van der Waals surface area contributed by atoms with E-state index in [2.05, 4.69) is 10.6 Å². The maximum absolute atomic E-state index is 11.5. The molecule has 4 nitrogen and oxygen atoms in total. The van der Waals surface area contributed by atoms with Crippen molar-refractivity contribution in [1.82, 2.24) is 10.6 Å². The van der Waals surface area contributed by atoms with E-state index in [4.69, 9.17) is 0 Å². The van der Waals surface area contributed by atoms with Gasteiger partial charge in [-0.25, -0.2) is 0 Å². The van der Waals surface area contributed by atoms with Crippen molar-refractivity contribution < 1.29 is 9.59 Å². The number of carbonyl (C=O) groups excluding carboxylic acids is 2. The summed E-state index contributed by atoms with van der Waals surface area (Å²) in [4.78, 5) is 22.5. The molecule has 0 spiro atoms. The van der Waals surface area contributed by atoms with E-state index in [9.17, 15) is 9.59 Å². The highest BCUT2D eigenvalue weighted by molar-refractivity contribution is 5.77. The molecule has 0 radical (unpaired) electrons. The van der Waals surface area contributed by atoms with Gasteiger partial charge >= 0.3 is 0 Å². The predicted octanol–water partition coefficient (Wildman–Crippen LogP) is 2.28. The summed E-state index contributed by atoms with van der Waals surface area (Å²) in [6.45, 7) is 5.36. The van der Waals surface area contributed by atoms with E-state index in [-0.39, 0.29) is 17.6 Å². The molecule has 0 aliphatic rings. The third-order valence-electron chi connectivity index (χ3n) is 3.41. The van der Waals surface area contributed by atoms with Crippen molar-refractivity contribution >= 4 is 11.7 Å². The number of carbonyl (C=O) groups is 2. The Morgan fingerprint density at radius 1 is 1.00 bits per heavy atom. The summed E-state index contributed by atoms with van der Waals surface area (Å²) in [5, 5.41) is 6.03. The molecule has 0 saturated heterocycles. The van der Waals surface area contributed by atoms with Crippen molar-refractivity contribution in [2.45, 2.75) is 58.8 Å². The van der Waals surface area contributed by atoms with Gasteiger partial charge in [0.05, 0.1) is 0 Å². The molecule has 1 unspecified atom stereocenters. The number of ketones is 1. The molecule has 0 aromatic carbocycles. The molecule has 0 saturated carbocycles. The van der Waals surface area contributed by atoms with Crippen molar-refractivity contribution in [2.24, 2.45) is 5.92 Å². The van der Waals surface area contributed by atoms with E-state index in [1.54, 1.807) is 6.92 Å². The Morgan fingerprint density at radius 3 is 2.32 bits per heavy atom. The van der Waals surface area contributed by atoms with Crippen LogP contribution >= 0.6 is 0 Å². The van der Waals surface area contributed by atoms with Crippen LogP contribution in [0, 0.1) is 5.92 Å². The Balaban J connectivity index is 3.31. The van der Waals surface area contributed by atoms with E-state index in [0.29, 0.717) is 6.42 Å². The Hall–Kier alpha value is -0.900. The van der Waals surface area contributed by atoms with E-state index in [0.717, 1.165) is 51.6 Å². The topological polar surface area (TPSA) is 58.2 Å². The molecular weight excluding hydrogens is 240 g/mol. The second-order valence-corrected chi connectivity index (χ2v) is 5.27. The zero-order valence-electron chi connectivity index (χ0n) is 12.8. The predicted molar refractivity (Wildman–Crippen MR) is 79.1 cm³/mol. The van der Waals surface area contributed by atoms with Crippen LogP contribution in [0.3, 0.4) is 0 Å². The first-order valence-corrected chi connectivity index (χ1v) is 7.49. The van der Waals surface area contributed by atoms with Crippen LogP contribution in [0.2, 0.25) is 0 Å². The smallest absolute Gasteiger partial charge is 0.219 e. The summed E-state index contributed by atoms with van der Waals surface area (Å²) < 4.78 is 0. The minimum absolute atomic E-state index is 0.155. The fourth-order valence-electron chi connectivity index (χ4n) is 1.86. The highest BCUT2D eigenvalue weighted by atomic mass is 16.1. The van der Waals surface area contributed by atoms with Gasteiger partial charge in [0.2, 0.25) is 5.91 Å². The molecule has 0 aromatic heterocycles. The number of unbranched alkanes of at least 4 members (excludes halogenated alkanes) is 3. The summed E-state index contributed by atoms with van der Waals surface area (Å²) in [6, 6.07) is 0.